The SMILES string of the molecule is COC(=O)c1nc(NC2CCCC(C)(C)C2)sc1C(C)=O. The Morgan fingerprint density at radius 1 is 1.43 bits per heavy atom. The van der Waals surface area contributed by atoms with Gasteiger partial charge in [-0.15, -0.1) is 0 Å². The van der Waals surface area contributed by atoms with Crippen LogP contribution < -0.4 is 5.32 Å². The zero-order valence-electron chi connectivity index (χ0n) is 13.0. The Hall–Kier alpha value is -1.43. The fraction of sp³-hybridized carbons (Fsp3) is 0.667. The van der Waals surface area contributed by atoms with Gasteiger partial charge in [0.1, 0.15) is 4.88 Å². The minimum atomic E-state index is -0.562. The van der Waals surface area contributed by atoms with Gasteiger partial charge in [0.05, 0.1) is 7.11 Å². The summed E-state index contributed by atoms with van der Waals surface area (Å²) in [6.45, 7) is 5.97. The highest BCUT2D eigenvalue weighted by atomic mass is 32.1. The summed E-state index contributed by atoms with van der Waals surface area (Å²) in [4.78, 5) is 27.9. The van der Waals surface area contributed by atoms with Crippen LogP contribution in [0.5, 0.6) is 0 Å². The van der Waals surface area contributed by atoms with Crippen molar-refractivity contribution in [2.75, 3.05) is 12.4 Å². The number of ether oxygens (including phenoxy) is 1. The monoisotopic (exact) mass is 310 g/mol. The Kier molecular flexibility index (Phi) is 4.66. The van der Waals surface area contributed by atoms with E-state index in [0.717, 1.165) is 12.8 Å². The molecule has 1 heterocycles. The van der Waals surface area contributed by atoms with Gasteiger partial charge < -0.3 is 10.1 Å². The quantitative estimate of drug-likeness (QED) is 0.681. The maximum atomic E-state index is 11.7. The lowest BCUT2D eigenvalue weighted by Gasteiger charge is -2.35. The van der Waals surface area contributed by atoms with E-state index in [2.05, 4.69) is 28.9 Å². The van der Waals surface area contributed by atoms with Crippen LogP contribution in [0.4, 0.5) is 5.13 Å². The van der Waals surface area contributed by atoms with Crippen molar-refractivity contribution in [3.8, 4) is 0 Å². The standard InChI is InChI=1S/C15H22N2O3S/c1-9(18)12-11(13(19)20-4)17-14(21-12)16-10-6-5-7-15(2,3)8-10/h10H,5-8H2,1-4H3,(H,16,17). The molecule has 116 valence electrons. The second-order valence-corrected chi connectivity index (χ2v) is 7.35. The smallest absolute Gasteiger partial charge is 0.358 e. The van der Waals surface area contributed by atoms with Crippen LogP contribution in [0.1, 0.15) is 66.6 Å². The van der Waals surface area contributed by atoms with Crippen molar-refractivity contribution in [1.29, 1.82) is 0 Å². The van der Waals surface area contributed by atoms with Crippen molar-refractivity contribution in [3.63, 3.8) is 0 Å². The van der Waals surface area contributed by atoms with E-state index >= 15 is 0 Å². The number of aromatic nitrogens is 1. The van der Waals surface area contributed by atoms with E-state index in [1.165, 1.54) is 38.2 Å². The molecule has 1 atom stereocenters. The average Bonchev–Trinajstić information content (AvgIpc) is 2.80. The number of carbonyl (C=O) groups is 2. The number of esters is 1. The third-order valence-electron chi connectivity index (χ3n) is 3.86. The van der Waals surface area contributed by atoms with E-state index < -0.39 is 5.97 Å². The van der Waals surface area contributed by atoms with Crippen molar-refractivity contribution in [2.24, 2.45) is 5.41 Å². The molecule has 1 fully saturated rings. The molecule has 0 aliphatic heterocycles. The molecule has 21 heavy (non-hydrogen) atoms. The van der Waals surface area contributed by atoms with Crippen LogP contribution in [0, 0.1) is 5.41 Å². The minimum Gasteiger partial charge on any atom is -0.464 e. The lowest BCUT2D eigenvalue weighted by Crippen LogP contribution is -2.31. The fourth-order valence-corrected chi connectivity index (χ4v) is 3.78. The zero-order valence-corrected chi connectivity index (χ0v) is 13.8. The lowest BCUT2D eigenvalue weighted by atomic mass is 9.75. The minimum absolute atomic E-state index is 0.118. The Bertz CT molecular complexity index is 551. The van der Waals surface area contributed by atoms with Crippen LogP contribution >= 0.6 is 11.3 Å². The Balaban J connectivity index is 2.17. The fourth-order valence-electron chi connectivity index (χ4n) is 2.85. The first-order valence-corrected chi connectivity index (χ1v) is 8.00. The third-order valence-corrected chi connectivity index (χ3v) is 4.95. The predicted octanol–water partition coefficient (Wildman–Crippen LogP) is 3.51. The normalized spacial score (nSPS) is 20.9. The summed E-state index contributed by atoms with van der Waals surface area (Å²) in [5.74, 6) is -0.724. The number of anilines is 1. The largest absolute Gasteiger partial charge is 0.464 e. The van der Waals surface area contributed by atoms with Crippen molar-refractivity contribution in [1.82, 2.24) is 4.98 Å². The van der Waals surface area contributed by atoms with Crippen molar-refractivity contribution in [2.45, 2.75) is 52.5 Å². The van der Waals surface area contributed by atoms with E-state index in [0.29, 0.717) is 21.5 Å². The van der Waals surface area contributed by atoms with Crippen LogP contribution in [0.3, 0.4) is 0 Å². The van der Waals surface area contributed by atoms with Gasteiger partial charge >= 0.3 is 5.97 Å². The molecular weight excluding hydrogens is 288 g/mol. The van der Waals surface area contributed by atoms with Gasteiger partial charge in [0, 0.05) is 13.0 Å². The third kappa shape index (κ3) is 3.81. The summed E-state index contributed by atoms with van der Waals surface area (Å²) in [5.41, 5.74) is 0.439. The van der Waals surface area contributed by atoms with E-state index in [4.69, 9.17) is 0 Å². The Morgan fingerprint density at radius 3 is 2.71 bits per heavy atom. The summed E-state index contributed by atoms with van der Waals surface area (Å²) in [7, 11) is 1.29. The van der Waals surface area contributed by atoms with E-state index in [1.807, 2.05) is 0 Å². The van der Waals surface area contributed by atoms with Gasteiger partial charge in [-0.05, 0) is 24.7 Å². The topological polar surface area (TPSA) is 68.3 Å². The molecule has 6 heteroatoms. The van der Waals surface area contributed by atoms with Crippen LogP contribution in [0.15, 0.2) is 0 Å². The molecule has 1 aromatic heterocycles. The molecule has 2 rings (SSSR count). The Morgan fingerprint density at radius 2 is 2.14 bits per heavy atom. The summed E-state index contributed by atoms with van der Waals surface area (Å²) in [5, 5.41) is 4.01. The number of rotatable bonds is 4. The maximum absolute atomic E-state index is 11.7. The van der Waals surface area contributed by atoms with Crippen LogP contribution in [-0.4, -0.2) is 29.9 Å². The van der Waals surface area contributed by atoms with E-state index in [9.17, 15) is 9.59 Å². The number of carbonyl (C=O) groups excluding carboxylic acids is 2. The highest BCUT2D eigenvalue weighted by Gasteiger charge is 2.29. The number of nitrogens with one attached hydrogen (secondary N) is 1. The molecule has 0 aromatic carbocycles. The Labute approximate surface area is 129 Å². The van der Waals surface area contributed by atoms with Gasteiger partial charge in [0.15, 0.2) is 16.6 Å². The molecule has 0 spiro atoms. The highest BCUT2D eigenvalue weighted by Crippen LogP contribution is 2.37. The number of thiazole rings is 1. The van der Waals surface area contributed by atoms with Crippen molar-refractivity contribution >= 4 is 28.2 Å². The maximum Gasteiger partial charge on any atom is 0.358 e. The van der Waals surface area contributed by atoms with Gasteiger partial charge in [-0.2, -0.15) is 0 Å². The molecule has 0 bridgehead atoms. The summed E-state index contributed by atoms with van der Waals surface area (Å²) in [6, 6.07) is 0.338. The first-order valence-electron chi connectivity index (χ1n) is 7.19. The summed E-state index contributed by atoms with van der Waals surface area (Å²) in [6.07, 6.45) is 4.57. The summed E-state index contributed by atoms with van der Waals surface area (Å²) < 4.78 is 4.69. The van der Waals surface area contributed by atoms with Crippen LogP contribution in [0.2, 0.25) is 0 Å². The molecule has 1 unspecified atom stereocenters. The van der Waals surface area contributed by atoms with Gasteiger partial charge in [0.2, 0.25) is 0 Å². The molecule has 0 saturated heterocycles. The first kappa shape index (κ1) is 15.9. The zero-order chi connectivity index (χ0) is 15.6. The molecule has 1 aliphatic rings. The number of hydrogen-bond acceptors (Lipinski definition) is 6. The first-order chi connectivity index (χ1) is 9.82. The number of nitrogens with zero attached hydrogens (tertiary/aromatic N) is 1. The molecule has 1 aromatic rings. The van der Waals surface area contributed by atoms with Gasteiger partial charge in [-0.1, -0.05) is 31.6 Å². The lowest BCUT2D eigenvalue weighted by molar-refractivity contribution is 0.0591. The highest BCUT2D eigenvalue weighted by molar-refractivity contribution is 7.17. The molecule has 1 saturated carbocycles. The second kappa shape index (κ2) is 6.13. The van der Waals surface area contributed by atoms with Crippen LogP contribution in [0.25, 0.3) is 0 Å². The van der Waals surface area contributed by atoms with Gasteiger partial charge in [-0.25, -0.2) is 9.78 Å². The van der Waals surface area contributed by atoms with E-state index in [1.54, 1.807) is 0 Å². The summed E-state index contributed by atoms with van der Waals surface area (Å²) >= 11 is 1.23. The van der Waals surface area contributed by atoms with Gasteiger partial charge in [0.25, 0.3) is 0 Å². The molecule has 1 aliphatic carbocycles. The number of hydrogen-bond donors (Lipinski definition) is 1. The predicted molar refractivity (Wildman–Crippen MR) is 83.1 cm³/mol. The molecule has 0 radical (unpaired) electrons. The molecular formula is C15H22N2O3S. The van der Waals surface area contributed by atoms with Crippen LogP contribution in [-0.2, 0) is 4.74 Å². The molecule has 1 N–H and O–H groups in total. The second-order valence-electron chi connectivity index (χ2n) is 6.35. The molecule has 5 nitrogen and oxygen atoms in total. The van der Waals surface area contributed by atoms with Crippen molar-refractivity contribution < 1.29 is 14.3 Å². The average molecular weight is 310 g/mol. The molecule has 0 amide bonds. The van der Waals surface area contributed by atoms with Crippen molar-refractivity contribution in [3.05, 3.63) is 10.6 Å². The number of methoxy groups -OCH3 is 1. The number of ketones is 1. The van der Waals surface area contributed by atoms with Gasteiger partial charge in [-0.3, -0.25) is 4.79 Å². The number of Topliss-reactive ketones (excluding diaryl/α,β-unsaturated/α-hetero) is 1. The van der Waals surface area contributed by atoms with E-state index in [-0.39, 0.29) is 11.5 Å².